The molecule has 2 N–H and O–H groups in total. The summed E-state index contributed by atoms with van der Waals surface area (Å²) in [4.78, 5) is 0. The van der Waals surface area contributed by atoms with Crippen LogP contribution in [0.5, 0.6) is 0 Å². The van der Waals surface area contributed by atoms with Crippen molar-refractivity contribution in [3.8, 4) is 0 Å². The van der Waals surface area contributed by atoms with Crippen molar-refractivity contribution in [3.63, 3.8) is 0 Å². The van der Waals surface area contributed by atoms with E-state index in [2.05, 4.69) is 0 Å². The predicted molar refractivity (Wildman–Crippen MR) is 53.6 cm³/mol. The molecule has 1 aromatic carbocycles. The van der Waals surface area contributed by atoms with Crippen molar-refractivity contribution in [2.24, 2.45) is 5.73 Å². The molecule has 0 radical (unpaired) electrons. The van der Waals surface area contributed by atoms with E-state index in [1.165, 1.54) is 18.2 Å². The molecular formula is C10H12ClF2N. The first-order valence-corrected chi connectivity index (χ1v) is 4.57. The molecule has 0 bridgehead atoms. The van der Waals surface area contributed by atoms with Gasteiger partial charge < -0.3 is 5.73 Å². The van der Waals surface area contributed by atoms with Gasteiger partial charge in [0.2, 0.25) is 0 Å². The zero-order valence-electron chi connectivity index (χ0n) is 8.02. The lowest BCUT2D eigenvalue weighted by molar-refractivity contribution is 0.148. The minimum Gasteiger partial charge on any atom is -0.322 e. The van der Waals surface area contributed by atoms with Crippen molar-refractivity contribution < 1.29 is 8.78 Å². The minimum atomic E-state index is -2.52. The van der Waals surface area contributed by atoms with Gasteiger partial charge in [0.05, 0.1) is 0 Å². The SMILES string of the molecule is CC(C)(N)c1cc(Cl)ccc1C(F)F. The largest absolute Gasteiger partial charge is 0.322 e. The summed E-state index contributed by atoms with van der Waals surface area (Å²) >= 11 is 5.73. The molecule has 1 nitrogen and oxygen atoms in total. The third kappa shape index (κ3) is 2.42. The Kier molecular flexibility index (Phi) is 3.12. The lowest BCUT2D eigenvalue weighted by Crippen LogP contribution is -2.30. The number of hydrogen-bond acceptors (Lipinski definition) is 1. The molecule has 0 aliphatic carbocycles. The van der Waals surface area contributed by atoms with Crippen LogP contribution in [-0.4, -0.2) is 0 Å². The Labute approximate surface area is 86.9 Å². The summed E-state index contributed by atoms with van der Waals surface area (Å²) in [6, 6.07) is 4.25. The van der Waals surface area contributed by atoms with Gasteiger partial charge in [-0.1, -0.05) is 17.7 Å². The van der Waals surface area contributed by atoms with Crippen molar-refractivity contribution in [1.29, 1.82) is 0 Å². The number of halogens is 3. The molecule has 78 valence electrons. The Balaban J connectivity index is 3.30. The predicted octanol–water partition coefficient (Wildman–Crippen LogP) is 3.47. The number of alkyl halides is 2. The molecule has 0 saturated heterocycles. The summed E-state index contributed by atoms with van der Waals surface area (Å²) < 4.78 is 25.2. The van der Waals surface area contributed by atoms with Crippen LogP contribution in [0.1, 0.15) is 31.4 Å². The lowest BCUT2D eigenvalue weighted by Gasteiger charge is -2.22. The highest BCUT2D eigenvalue weighted by Crippen LogP contribution is 2.31. The van der Waals surface area contributed by atoms with E-state index >= 15 is 0 Å². The molecule has 0 amide bonds. The van der Waals surface area contributed by atoms with Crippen molar-refractivity contribution in [2.75, 3.05) is 0 Å². The maximum absolute atomic E-state index is 12.6. The zero-order valence-corrected chi connectivity index (χ0v) is 8.78. The van der Waals surface area contributed by atoms with E-state index in [-0.39, 0.29) is 5.56 Å². The van der Waals surface area contributed by atoms with Gasteiger partial charge >= 0.3 is 0 Å². The molecule has 0 fully saturated rings. The van der Waals surface area contributed by atoms with Crippen LogP contribution in [0.25, 0.3) is 0 Å². The van der Waals surface area contributed by atoms with Crippen LogP contribution in [-0.2, 0) is 5.54 Å². The van der Waals surface area contributed by atoms with Crippen LogP contribution >= 0.6 is 11.6 Å². The summed E-state index contributed by atoms with van der Waals surface area (Å²) in [5, 5.41) is 0.419. The van der Waals surface area contributed by atoms with Gasteiger partial charge in [-0.25, -0.2) is 8.78 Å². The molecule has 1 rings (SSSR count). The first-order chi connectivity index (χ1) is 6.32. The van der Waals surface area contributed by atoms with Gasteiger partial charge in [-0.2, -0.15) is 0 Å². The van der Waals surface area contributed by atoms with E-state index < -0.39 is 12.0 Å². The second-order valence-electron chi connectivity index (χ2n) is 3.75. The third-order valence-corrected chi connectivity index (χ3v) is 2.18. The van der Waals surface area contributed by atoms with E-state index in [4.69, 9.17) is 17.3 Å². The molecule has 0 aliphatic rings. The smallest absolute Gasteiger partial charge is 0.264 e. The van der Waals surface area contributed by atoms with Crippen LogP contribution in [0.4, 0.5) is 8.78 Å². The highest BCUT2D eigenvalue weighted by molar-refractivity contribution is 6.30. The van der Waals surface area contributed by atoms with Crippen molar-refractivity contribution in [2.45, 2.75) is 25.8 Å². The molecule has 0 unspecified atom stereocenters. The Bertz CT molecular complexity index is 331. The maximum atomic E-state index is 12.6. The first-order valence-electron chi connectivity index (χ1n) is 4.19. The zero-order chi connectivity index (χ0) is 10.9. The van der Waals surface area contributed by atoms with E-state index in [1.54, 1.807) is 13.8 Å². The molecule has 1 aromatic rings. The second-order valence-corrected chi connectivity index (χ2v) is 4.19. The van der Waals surface area contributed by atoms with Crippen LogP contribution in [0.3, 0.4) is 0 Å². The minimum absolute atomic E-state index is 0.0538. The summed E-state index contributed by atoms with van der Waals surface area (Å²) in [6.45, 7) is 3.34. The maximum Gasteiger partial charge on any atom is 0.264 e. The number of nitrogens with two attached hydrogens (primary N) is 1. The standard InChI is InChI=1S/C10H12ClF2N/c1-10(2,14)8-5-6(11)3-4-7(8)9(12)13/h3-5,9H,14H2,1-2H3. The molecule has 0 atom stereocenters. The van der Waals surface area contributed by atoms with Gasteiger partial charge in [-0.3, -0.25) is 0 Å². The molecule has 0 spiro atoms. The second kappa shape index (κ2) is 3.83. The summed E-state index contributed by atoms with van der Waals surface area (Å²) in [6.07, 6.45) is -2.52. The number of hydrogen-bond donors (Lipinski definition) is 1. The summed E-state index contributed by atoms with van der Waals surface area (Å²) in [5.74, 6) is 0. The topological polar surface area (TPSA) is 26.0 Å². The Morgan fingerprint density at radius 2 is 1.93 bits per heavy atom. The van der Waals surface area contributed by atoms with E-state index in [9.17, 15) is 8.78 Å². The molecular weight excluding hydrogens is 208 g/mol. The summed E-state index contributed by atoms with van der Waals surface area (Å²) in [5.41, 5.74) is 5.30. The van der Waals surface area contributed by atoms with E-state index in [1.807, 2.05) is 0 Å². The van der Waals surface area contributed by atoms with Crippen molar-refractivity contribution in [1.82, 2.24) is 0 Å². The van der Waals surface area contributed by atoms with E-state index in [0.29, 0.717) is 10.6 Å². The fourth-order valence-electron chi connectivity index (χ4n) is 1.28. The fourth-order valence-corrected chi connectivity index (χ4v) is 1.45. The highest BCUT2D eigenvalue weighted by atomic mass is 35.5. The van der Waals surface area contributed by atoms with Gasteiger partial charge in [0.1, 0.15) is 0 Å². The van der Waals surface area contributed by atoms with Crippen molar-refractivity contribution in [3.05, 3.63) is 34.3 Å². The number of rotatable bonds is 2. The first kappa shape index (κ1) is 11.4. The Hall–Kier alpha value is -0.670. The molecule has 14 heavy (non-hydrogen) atoms. The van der Waals surface area contributed by atoms with Crippen LogP contribution in [0.2, 0.25) is 5.02 Å². The van der Waals surface area contributed by atoms with Gasteiger partial charge in [-0.05, 0) is 31.5 Å². The highest BCUT2D eigenvalue weighted by Gasteiger charge is 2.23. The van der Waals surface area contributed by atoms with Crippen LogP contribution in [0, 0.1) is 0 Å². The fraction of sp³-hybridized carbons (Fsp3) is 0.400. The van der Waals surface area contributed by atoms with Gasteiger partial charge in [-0.15, -0.1) is 0 Å². The molecule has 0 heterocycles. The van der Waals surface area contributed by atoms with Crippen LogP contribution in [0.15, 0.2) is 18.2 Å². The quantitative estimate of drug-likeness (QED) is 0.810. The van der Waals surface area contributed by atoms with E-state index in [0.717, 1.165) is 0 Å². The Morgan fingerprint density at radius 3 is 2.36 bits per heavy atom. The summed E-state index contributed by atoms with van der Waals surface area (Å²) in [7, 11) is 0. The average molecular weight is 220 g/mol. The van der Waals surface area contributed by atoms with Crippen molar-refractivity contribution >= 4 is 11.6 Å². The molecule has 0 aromatic heterocycles. The lowest BCUT2D eigenvalue weighted by atomic mass is 9.91. The van der Waals surface area contributed by atoms with Gasteiger partial charge in [0.15, 0.2) is 0 Å². The molecule has 0 saturated carbocycles. The Morgan fingerprint density at radius 1 is 1.36 bits per heavy atom. The normalized spacial score (nSPS) is 12.2. The number of benzene rings is 1. The molecule has 0 aliphatic heterocycles. The molecule has 4 heteroatoms. The van der Waals surface area contributed by atoms with Crippen LogP contribution < -0.4 is 5.73 Å². The van der Waals surface area contributed by atoms with Gasteiger partial charge in [0.25, 0.3) is 6.43 Å². The third-order valence-electron chi connectivity index (χ3n) is 1.94. The monoisotopic (exact) mass is 219 g/mol. The van der Waals surface area contributed by atoms with Gasteiger partial charge in [0, 0.05) is 16.1 Å². The average Bonchev–Trinajstić information content (AvgIpc) is 2.01.